The lowest BCUT2D eigenvalue weighted by atomic mass is 9.81. The first-order chi connectivity index (χ1) is 21.5. The largest absolute Gasteiger partial charge is 0.477 e. The Morgan fingerprint density at radius 3 is 2.07 bits per heavy atom. The number of amides is 3. The number of carbonyl (C=O) groups excluding carboxylic acids is 3. The summed E-state index contributed by atoms with van der Waals surface area (Å²) >= 11 is 1.28. The molecule has 3 fully saturated rings. The lowest BCUT2D eigenvalue weighted by Gasteiger charge is -2.40. The van der Waals surface area contributed by atoms with Gasteiger partial charge < -0.3 is 29.7 Å². The summed E-state index contributed by atoms with van der Waals surface area (Å²) in [7, 11) is 0. The topological polar surface area (TPSA) is 125 Å². The summed E-state index contributed by atoms with van der Waals surface area (Å²) in [6.45, 7) is 15.0. The zero-order valence-electron chi connectivity index (χ0n) is 28.9. The standard InChI is InChI=1S/C35H55N3O7S/c1-22-8-10-23(11-9-22)30(39)38(28-20-27(21-34(2,3)4)46-29(28)31(40)41)25-14-12-24(13-15-25)36-32(42)44-26-16-18-37(19-17-26)33(43)45-35(5,6)7/h21-26H,8-20H2,1-7H3,(H,36,42)(H,40,41). The number of carboxylic acids is 1. The fraction of sp³-hybridized carbons (Fsp3) is 0.771. The normalized spacial score (nSPS) is 27.4. The van der Waals surface area contributed by atoms with E-state index in [1.54, 1.807) is 4.90 Å². The molecule has 0 unspecified atom stereocenters. The molecule has 0 spiro atoms. The van der Waals surface area contributed by atoms with E-state index in [2.05, 4.69) is 39.1 Å². The summed E-state index contributed by atoms with van der Waals surface area (Å²) in [5.41, 5.74) is -0.0337. The van der Waals surface area contributed by atoms with Gasteiger partial charge in [0.05, 0.1) is 0 Å². The predicted octanol–water partition coefficient (Wildman–Crippen LogP) is 7.44. The van der Waals surface area contributed by atoms with Crippen LogP contribution in [0.2, 0.25) is 0 Å². The van der Waals surface area contributed by atoms with Gasteiger partial charge in [-0.25, -0.2) is 14.4 Å². The summed E-state index contributed by atoms with van der Waals surface area (Å²) in [6, 6.07) is -0.197. The lowest BCUT2D eigenvalue weighted by Crippen LogP contribution is -2.49. The predicted molar refractivity (Wildman–Crippen MR) is 179 cm³/mol. The molecule has 10 nitrogen and oxygen atoms in total. The van der Waals surface area contributed by atoms with Gasteiger partial charge in [0.1, 0.15) is 16.6 Å². The van der Waals surface area contributed by atoms with Crippen molar-refractivity contribution in [1.29, 1.82) is 0 Å². The van der Waals surface area contributed by atoms with Crippen LogP contribution in [0, 0.1) is 17.3 Å². The number of allylic oxidation sites excluding steroid dienone is 2. The van der Waals surface area contributed by atoms with Crippen LogP contribution in [0.25, 0.3) is 0 Å². The summed E-state index contributed by atoms with van der Waals surface area (Å²) in [4.78, 5) is 56.6. The number of hydrogen-bond acceptors (Lipinski definition) is 7. The van der Waals surface area contributed by atoms with Crippen molar-refractivity contribution in [2.24, 2.45) is 17.3 Å². The molecule has 0 atom stereocenters. The van der Waals surface area contributed by atoms with E-state index >= 15 is 0 Å². The molecule has 4 rings (SSSR count). The number of hydrogen-bond donors (Lipinski definition) is 2. The second-order valence-corrected chi connectivity index (χ2v) is 16.9. The molecule has 0 bridgehead atoms. The van der Waals surface area contributed by atoms with E-state index in [1.165, 1.54) is 11.8 Å². The Morgan fingerprint density at radius 1 is 0.913 bits per heavy atom. The van der Waals surface area contributed by atoms with Crippen molar-refractivity contribution in [3.63, 3.8) is 0 Å². The van der Waals surface area contributed by atoms with Gasteiger partial charge in [0.15, 0.2) is 0 Å². The highest BCUT2D eigenvalue weighted by atomic mass is 32.2. The highest BCUT2D eigenvalue weighted by molar-refractivity contribution is 8.07. The molecule has 0 aromatic rings. The molecular weight excluding hydrogens is 606 g/mol. The Hall–Kier alpha value is -2.69. The molecule has 0 radical (unpaired) electrons. The highest BCUT2D eigenvalue weighted by Crippen LogP contribution is 2.46. The molecule has 46 heavy (non-hydrogen) atoms. The monoisotopic (exact) mass is 661 g/mol. The fourth-order valence-electron chi connectivity index (χ4n) is 6.95. The van der Waals surface area contributed by atoms with Gasteiger partial charge in [-0.3, -0.25) is 4.79 Å². The van der Waals surface area contributed by atoms with Crippen molar-refractivity contribution in [2.75, 3.05) is 13.1 Å². The van der Waals surface area contributed by atoms with Crippen molar-refractivity contribution in [3.8, 4) is 0 Å². The van der Waals surface area contributed by atoms with Crippen LogP contribution in [-0.2, 0) is 19.1 Å². The summed E-state index contributed by atoms with van der Waals surface area (Å²) < 4.78 is 11.2. The van der Waals surface area contributed by atoms with Crippen molar-refractivity contribution in [2.45, 2.75) is 143 Å². The Labute approximate surface area is 279 Å². The summed E-state index contributed by atoms with van der Waals surface area (Å²) in [6.07, 6.45) is 9.02. The number of ether oxygens (including phenoxy) is 2. The first-order valence-corrected chi connectivity index (χ1v) is 17.9. The van der Waals surface area contributed by atoms with Crippen LogP contribution in [0.5, 0.6) is 0 Å². The van der Waals surface area contributed by atoms with E-state index in [-0.39, 0.29) is 46.4 Å². The molecule has 258 valence electrons. The fourth-order valence-corrected chi connectivity index (χ4v) is 8.21. The van der Waals surface area contributed by atoms with Crippen LogP contribution in [0.1, 0.15) is 119 Å². The first-order valence-electron chi connectivity index (χ1n) is 17.1. The Kier molecular flexibility index (Phi) is 11.8. The van der Waals surface area contributed by atoms with Crippen LogP contribution >= 0.6 is 11.8 Å². The number of alkyl carbamates (subject to hydrolysis) is 1. The van der Waals surface area contributed by atoms with Crippen molar-refractivity contribution < 1.29 is 33.8 Å². The highest BCUT2D eigenvalue weighted by Gasteiger charge is 2.40. The zero-order chi connectivity index (χ0) is 33.8. The van der Waals surface area contributed by atoms with Gasteiger partial charge in [-0.15, -0.1) is 0 Å². The zero-order valence-corrected chi connectivity index (χ0v) is 29.7. The Balaban J connectivity index is 1.37. The Morgan fingerprint density at radius 2 is 1.52 bits per heavy atom. The van der Waals surface area contributed by atoms with Gasteiger partial charge in [0.25, 0.3) is 0 Å². The lowest BCUT2D eigenvalue weighted by molar-refractivity contribution is -0.137. The number of nitrogens with one attached hydrogen (secondary N) is 1. The van der Waals surface area contributed by atoms with E-state index in [0.717, 1.165) is 30.6 Å². The third kappa shape index (κ3) is 10.2. The number of carboxylic acid groups (broad SMARTS) is 1. The number of aliphatic carboxylic acids is 1. The molecule has 0 aromatic carbocycles. The van der Waals surface area contributed by atoms with E-state index in [4.69, 9.17) is 9.47 Å². The molecule has 11 heteroatoms. The number of thioether (sulfide) groups is 1. The molecule has 0 aromatic heterocycles. The molecule has 3 amide bonds. The number of carbonyl (C=O) groups is 4. The minimum Gasteiger partial charge on any atom is -0.477 e. The second-order valence-electron chi connectivity index (χ2n) is 15.7. The molecule has 2 saturated carbocycles. The maximum atomic E-state index is 14.2. The van der Waals surface area contributed by atoms with Crippen LogP contribution in [0.4, 0.5) is 9.59 Å². The Bertz CT molecular complexity index is 1190. The summed E-state index contributed by atoms with van der Waals surface area (Å²) in [5.74, 6) is -0.408. The van der Waals surface area contributed by atoms with Gasteiger partial charge in [0.2, 0.25) is 5.91 Å². The van der Waals surface area contributed by atoms with Gasteiger partial charge >= 0.3 is 18.2 Å². The number of piperidine rings is 1. The average molecular weight is 662 g/mol. The second kappa shape index (κ2) is 15.0. The molecular formula is C35H55N3O7S. The number of likely N-dealkylation sites (tertiary alicyclic amines) is 1. The summed E-state index contributed by atoms with van der Waals surface area (Å²) in [5, 5.41) is 13.2. The quantitative estimate of drug-likeness (QED) is 0.301. The van der Waals surface area contributed by atoms with Gasteiger partial charge in [-0.2, -0.15) is 0 Å². The first kappa shape index (κ1) is 36.2. The van der Waals surface area contributed by atoms with Gasteiger partial charge in [-0.05, 0) is 88.4 Å². The molecule has 1 saturated heterocycles. The SMILES string of the molecule is CC1CCC(C(=O)N(C2=C(C(=O)O)SC(=CC(C)(C)C)C2)C2CCC(NC(=O)OC3CCN(C(=O)OC(C)(C)C)CC3)CC2)CC1. The van der Waals surface area contributed by atoms with Crippen LogP contribution in [0.15, 0.2) is 21.6 Å². The third-order valence-electron chi connectivity index (χ3n) is 9.27. The van der Waals surface area contributed by atoms with E-state index in [0.29, 0.717) is 69.7 Å². The molecule has 4 aliphatic rings. The number of rotatable bonds is 6. The van der Waals surface area contributed by atoms with Crippen LogP contribution in [-0.4, -0.2) is 75.8 Å². The van der Waals surface area contributed by atoms with E-state index in [9.17, 15) is 24.3 Å². The molecule has 2 aliphatic heterocycles. The van der Waals surface area contributed by atoms with Crippen molar-refractivity contribution in [1.82, 2.24) is 15.1 Å². The third-order valence-corrected chi connectivity index (χ3v) is 10.4. The van der Waals surface area contributed by atoms with Crippen LogP contribution in [0.3, 0.4) is 0 Å². The van der Waals surface area contributed by atoms with Crippen LogP contribution < -0.4 is 5.32 Å². The minimum atomic E-state index is -0.984. The molecule has 2 heterocycles. The molecule has 2 aliphatic carbocycles. The van der Waals surface area contributed by atoms with Gasteiger partial charge in [-0.1, -0.05) is 45.5 Å². The average Bonchev–Trinajstić information content (AvgIpc) is 3.35. The van der Waals surface area contributed by atoms with E-state index in [1.807, 2.05) is 25.7 Å². The van der Waals surface area contributed by atoms with E-state index < -0.39 is 17.7 Å². The van der Waals surface area contributed by atoms with Crippen molar-refractivity contribution >= 4 is 35.8 Å². The van der Waals surface area contributed by atoms with Crippen molar-refractivity contribution in [3.05, 3.63) is 21.6 Å². The smallest absolute Gasteiger partial charge is 0.410 e. The molecule has 2 N–H and O–H groups in total. The minimum absolute atomic E-state index is 0.0619. The maximum absolute atomic E-state index is 14.2. The van der Waals surface area contributed by atoms with Gasteiger partial charge in [0, 0.05) is 56.1 Å². The maximum Gasteiger partial charge on any atom is 0.410 e. The number of nitrogens with zero attached hydrogens (tertiary/aromatic N) is 2.